The van der Waals surface area contributed by atoms with Crippen LogP contribution in [-0.2, 0) is 16.5 Å². The maximum Gasteiger partial charge on any atom is 0.229 e. The SMILES string of the molecule is CC(C)C1=NNc2cc3cnc(Nc4ccc(S(N)=O)c(F)c4)nc3n2C12CCCCC2. The third-order valence-corrected chi connectivity index (χ3v) is 7.13. The fourth-order valence-electron chi connectivity index (χ4n) is 5.05. The molecule has 168 valence electrons. The first kappa shape index (κ1) is 21.0. The summed E-state index contributed by atoms with van der Waals surface area (Å²) in [6, 6.07) is 6.28. The normalized spacial score (nSPS) is 18.3. The van der Waals surface area contributed by atoms with E-state index in [1.807, 2.05) is 6.07 Å². The van der Waals surface area contributed by atoms with Crippen molar-refractivity contribution >= 4 is 45.2 Å². The second-order valence-electron chi connectivity index (χ2n) is 8.76. The standard InChI is InChI=1S/C22H26FN7OS/c1-13(2)19-22(8-4-3-5-9-22)30-18(28-29-19)10-14-12-25-21(27-20(14)30)26-15-6-7-17(32(24)31)16(23)11-15/h6-7,10-13,28H,3-5,8-9,24H2,1-2H3,(H,25,26,27). The number of hydrogen-bond acceptors (Lipinski definition) is 6. The third-order valence-electron chi connectivity index (χ3n) is 6.37. The van der Waals surface area contributed by atoms with Gasteiger partial charge in [-0.15, -0.1) is 0 Å². The van der Waals surface area contributed by atoms with Gasteiger partial charge in [0.15, 0.2) is 0 Å². The average molecular weight is 456 g/mol. The maximum atomic E-state index is 14.2. The lowest BCUT2D eigenvalue weighted by molar-refractivity contribution is 0.278. The summed E-state index contributed by atoms with van der Waals surface area (Å²) in [6.07, 6.45) is 7.34. The first-order valence-corrected chi connectivity index (χ1v) is 12.1. The molecule has 1 atom stereocenters. The van der Waals surface area contributed by atoms with Crippen molar-refractivity contribution in [3.63, 3.8) is 0 Å². The van der Waals surface area contributed by atoms with E-state index >= 15 is 0 Å². The lowest BCUT2D eigenvalue weighted by Gasteiger charge is -2.44. The van der Waals surface area contributed by atoms with E-state index in [9.17, 15) is 8.60 Å². The molecule has 1 unspecified atom stereocenters. The molecule has 0 amide bonds. The Kier molecular flexibility index (Phi) is 5.21. The molecule has 1 aliphatic carbocycles. The van der Waals surface area contributed by atoms with Gasteiger partial charge in [0, 0.05) is 17.3 Å². The zero-order chi connectivity index (χ0) is 22.5. The summed E-state index contributed by atoms with van der Waals surface area (Å²) in [5, 5.41) is 14.1. The smallest absolute Gasteiger partial charge is 0.229 e. The quantitative estimate of drug-likeness (QED) is 0.540. The minimum Gasteiger partial charge on any atom is -0.324 e. The van der Waals surface area contributed by atoms with Gasteiger partial charge in [-0.1, -0.05) is 33.1 Å². The van der Waals surface area contributed by atoms with Gasteiger partial charge < -0.3 is 5.32 Å². The molecule has 10 heteroatoms. The highest BCUT2D eigenvalue weighted by Gasteiger charge is 2.44. The van der Waals surface area contributed by atoms with Crippen molar-refractivity contribution in [3.8, 4) is 0 Å². The number of nitrogens with two attached hydrogens (primary N) is 1. The van der Waals surface area contributed by atoms with Crippen molar-refractivity contribution in [1.82, 2.24) is 14.5 Å². The van der Waals surface area contributed by atoms with Crippen molar-refractivity contribution in [2.24, 2.45) is 16.2 Å². The maximum absolute atomic E-state index is 14.2. The number of benzene rings is 1. The Morgan fingerprint density at radius 1 is 1.25 bits per heavy atom. The van der Waals surface area contributed by atoms with Crippen LogP contribution in [0.3, 0.4) is 0 Å². The molecule has 0 saturated heterocycles. The predicted octanol–water partition coefficient (Wildman–Crippen LogP) is 4.39. The molecule has 8 nitrogen and oxygen atoms in total. The molecular weight excluding hydrogens is 429 g/mol. The van der Waals surface area contributed by atoms with Crippen LogP contribution in [0, 0.1) is 11.7 Å². The molecule has 2 aromatic heterocycles. The van der Waals surface area contributed by atoms with Crippen molar-refractivity contribution < 1.29 is 8.60 Å². The molecule has 0 radical (unpaired) electrons. The summed E-state index contributed by atoms with van der Waals surface area (Å²) in [4.78, 5) is 9.18. The third kappa shape index (κ3) is 3.38. The van der Waals surface area contributed by atoms with Crippen molar-refractivity contribution in [3.05, 3.63) is 36.3 Å². The number of nitrogens with one attached hydrogen (secondary N) is 2. The predicted molar refractivity (Wildman–Crippen MR) is 125 cm³/mol. The van der Waals surface area contributed by atoms with Crippen LogP contribution < -0.4 is 15.9 Å². The highest BCUT2D eigenvalue weighted by atomic mass is 32.2. The minimum atomic E-state index is -1.88. The molecule has 3 heterocycles. The summed E-state index contributed by atoms with van der Waals surface area (Å²) in [5.41, 5.74) is 5.46. The zero-order valence-corrected chi connectivity index (χ0v) is 18.9. The molecule has 0 bridgehead atoms. The lowest BCUT2D eigenvalue weighted by atomic mass is 9.74. The van der Waals surface area contributed by atoms with Crippen LogP contribution in [0.2, 0.25) is 0 Å². The largest absolute Gasteiger partial charge is 0.324 e. The fourth-order valence-corrected chi connectivity index (χ4v) is 5.51. The van der Waals surface area contributed by atoms with E-state index in [2.05, 4.69) is 34.1 Å². The van der Waals surface area contributed by atoms with E-state index in [1.165, 1.54) is 18.6 Å². The van der Waals surface area contributed by atoms with Gasteiger partial charge in [-0.25, -0.2) is 18.7 Å². The second kappa shape index (κ2) is 7.93. The molecule has 1 aromatic carbocycles. The van der Waals surface area contributed by atoms with Crippen LogP contribution in [0.15, 0.2) is 40.5 Å². The van der Waals surface area contributed by atoms with Gasteiger partial charge in [0.1, 0.15) is 28.3 Å². The van der Waals surface area contributed by atoms with Gasteiger partial charge in [0.05, 0.1) is 16.1 Å². The first-order chi connectivity index (χ1) is 15.4. The van der Waals surface area contributed by atoms with E-state index in [4.69, 9.17) is 15.2 Å². The van der Waals surface area contributed by atoms with Crippen LogP contribution in [-0.4, -0.2) is 24.5 Å². The van der Waals surface area contributed by atoms with Crippen molar-refractivity contribution in [2.75, 3.05) is 10.7 Å². The van der Waals surface area contributed by atoms with Gasteiger partial charge in [0.25, 0.3) is 0 Å². The Balaban J connectivity index is 1.57. The average Bonchev–Trinajstić information content (AvgIpc) is 3.13. The van der Waals surface area contributed by atoms with E-state index in [0.717, 1.165) is 48.2 Å². The number of rotatable bonds is 4. The molecular formula is C22H26FN7OS. The Hall–Kier alpha value is -2.85. The zero-order valence-electron chi connectivity index (χ0n) is 18.1. The van der Waals surface area contributed by atoms with Gasteiger partial charge in [-0.3, -0.25) is 9.99 Å². The minimum absolute atomic E-state index is 0.0432. The number of fused-ring (bicyclic) bond motifs is 4. The lowest BCUT2D eigenvalue weighted by Crippen LogP contribution is -2.48. The van der Waals surface area contributed by atoms with E-state index in [1.54, 1.807) is 12.3 Å². The van der Waals surface area contributed by atoms with E-state index < -0.39 is 16.8 Å². The Morgan fingerprint density at radius 2 is 2.03 bits per heavy atom. The molecule has 3 aromatic rings. The molecule has 4 N–H and O–H groups in total. The molecule has 5 rings (SSSR count). The fraction of sp³-hybridized carbons (Fsp3) is 0.409. The molecule has 1 spiro atoms. The van der Waals surface area contributed by atoms with E-state index in [0.29, 0.717) is 17.6 Å². The summed E-state index contributed by atoms with van der Waals surface area (Å²) < 4.78 is 27.9. The van der Waals surface area contributed by atoms with Crippen molar-refractivity contribution in [2.45, 2.75) is 56.4 Å². The highest BCUT2D eigenvalue weighted by molar-refractivity contribution is 7.82. The van der Waals surface area contributed by atoms with Crippen LogP contribution >= 0.6 is 0 Å². The molecule has 1 aliphatic heterocycles. The van der Waals surface area contributed by atoms with Crippen molar-refractivity contribution in [1.29, 1.82) is 0 Å². The highest BCUT2D eigenvalue weighted by Crippen LogP contribution is 2.45. The number of hydrogen-bond donors (Lipinski definition) is 3. The Labute approximate surface area is 188 Å². The van der Waals surface area contributed by atoms with Crippen LogP contribution in [0.1, 0.15) is 46.0 Å². The summed E-state index contributed by atoms with van der Waals surface area (Å²) >= 11 is 0. The topological polar surface area (TPSA) is 110 Å². The Bertz CT molecular complexity index is 1250. The number of halogens is 1. The number of aromatic nitrogens is 3. The summed E-state index contributed by atoms with van der Waals surface area (Å²) in [6.45, 7) is 4.37. The molecule has 1 fully saturated rings. The van der Waals surface area contributed by atoms with Gasteiger partial charge in [-0.05, 0) is 43.0 Å². The van der Waals surface area contributed by atoms with E-state index in [-0.39, 0.29) is 10.4 Å². The number of hydrazone groups is 1. The van der Waals surface area contributed by atoms with Gasteiger partial charge in [-0.2, -0.15) is 10.1 Å². The number of nitrogens with zero attached hydrogens (tertiary/aromatic N) is 4. The van der Waals surface area contributed by atoms with Gasteiger partial charge >= 0.3 is 0 Å². The Morgan fingerprint density at radius 3 is 2.72 bits per heavy atom. The summed E-state index contributed by atoms with van der Waals surface area (Å²) in [7, 11) is -1.88. The first-order valence-electron chi connectivity index (χ1n) is 10.8. The van der Waals surface area contributed by atoms with Crippen LogP contribution in [0.25, 0.3) is 11.0 Å². The monoisotopic (exact) mass is 455 g/mol. The molecule has 1 saturated carbocycles. The van der Waals surface area contributed by atoms with Crippen LogP contribution in [0.5, 0.6) is 0 Å². The number of anilines is 3. The van der Waals surface area contributed by atoms with Gasteiger partial charge in [0.2, 0.25) is 5.95 Å². The van der Waals surface area contributed by atoms with Crippen LogP contribution in [0.4, 0.5) is 21.8 Å². The molecule has 2 aliphatic rings. The molecule has 32 heavy (non-hydrogen) atoms. The summed E-state index contributed by atoms with van der Waals surface area (Å²) in [5.74, 6) is 0.943. The second-order valence-corrected chi connectivity index (χ2v) is 9.80.